The summed E-state index contributed by atoms with van der Waals surface area (Å²) < 4.78 is 5.16. The minimum absolute atomic E-state index is 0.138. The number of nitrogens with zero attached hydrogens (tertiary/aromatic N) is 6. The van der Waals surface area contributed by atoms with E-state index in [-0.39, 0.29) is 5.28 Å². The zero-order valence-corrected chi connectivity index (χ0v) is 15.9. The molecule has 1 aromatic heterocycles. The zero-order chi connectivity index (χ0) is 17.3. The van der Waals surface area contributed by atoms with Gasteiger partial charge >= 0.3 is 0 Å². The van der Waals surface area contributed by atoms with E-state index in [9.17, 15) is 0 Å². The van der Waals surface area contributed by atoms with Crippen LogP contribution in [-0.2, 0) is 4.74 Å². The molecule has 3 rings (SSSR count). The maximum atomic E-state index is 6.13. The van der Waals surface area contributed by atoms with Crippen molar-refractivity contribution in [2.24, 2.45) is 5.41 Å². The maximum absolute atomic E-state index is 6.13. The summed E-state index contributed by atoms with van der Waals surface area (Å²) in [4.78, 5) is 11.3. The number of rotatable bonds is 6. The minimum atomic E-state index is 0.138. The molecule has 7 nitrogen and oxygen atoms in total. The van der Waals surface area contributed by atoms with Crippen LogP contribution in [0.1, 0.15) is 13.3 Å². The van der Waals surface area contributed by atoms with Gasteiger partial charge in [-0.2, -0.15) is 4.98 Å². The van der Waals surface area contributed by atoms with Crippen LogP contribution in [0.15, 0.2) is 0 Å². The molecule has 0 saturated carbocycles. The van der Waals surface area contributed by atoms with Crippen molar-refractivity contribution in [3.63, 3.8) is 0 Å². The number of likely N-dealkylation sites (N-methyl/N-ethyl adjacent to an activating group) is 1. The highest BCUT2D eigenvalue weighted by Gasteiger charge is 2.49. The molecule has 0 N–H and O–H groups in total. The van der Waals surface area contributed by atoms with Crippen molar-refractivity contribution in [1.29, 1.82) is 0 Å². The SMILES string of the molecule is COCCN(C)C(C)N1CC2(CCN(c3nc(Cl)nnc3Cl)C2)C1. The minimum Gasteiger partial charge on any atom is -0.383 e. The van der Waals surface area contributed by atoms with Crippen LogP contribution in [0.3, 0.4) is 0 Å². The molecule has 134 valence electrons. The number of hydrogen-bond acceptors (Lipinski definition) is 7. The van der Waals surface area contributed by atoms with Gasteiger partial charge in [0, 0.05) is 45.2 Å². The van der Waals surface area contributed by atoms with Crippen LogP contribution in [-0.4, -0.2) is 84.6 Å². The van der Waals surface area contributed by atoms with E-state index < -0.39 is 0 Å². The van der Waals surface area contributed by atoms with Crippen molar-refractivity contribution in [3.8, 4) is 0 Å². The Morgan fingerprint density at radius 2 is 2.04 bits per heavy atom. The number of halogens is 2. The molecule has 1 aromatic rings. The van der Waals surface area contributed by atoms with E-state index in [2.05, 4.69) is 43.9 Å². The van der Waals surface area contributed by atoms with Crippen molar-refractivity contribution in [1.82, 2.24) is 25.0 Å². The normalized spacial score (nSPS) is 21.5. The molecule has 0 bridgehead atoms. The first kappa shape index (κ1) is 18.1. The summed E-state index contributed by atoms with van der Waals surface area (Å²) in [6.45, 7) is 7.99. The predicted molar refractivity (Wildman–Crippen MR) is 94.7 cm³/mol. The fraction of sp³-hybridized carbons (Fsp3) is 0.800. The Bertz CT molecular complexity index is 583. The van der Waals surface area contributed by atoms with Gasteiger partial charge in [-0.1, -0.05) is 11.6 Å². The van der Waals surface area contributed by atoms with E-state index in [1.54, 1.807) is 7.11 Å². The van der Waals surface area contributed by atoms with E-state index in [0.29, 0.717) is 22.6 Å². The quantitative estimate of drug-likeness (QED) is 0.749. The average Bonchev–Trinajstić information content (AvgIpc) is 2.98. The molecule has 0 aromatic carbocycles. The van der Waals surface area contributed by atoms with Gasteiger partial charge in [-0.05, 0) is 32.0 Å². The summed E-state index contributed by atoms with van der Waals surface area (Å²) >= 11 is 12.0. The van der Waals surface area contributed by atoms with Crippen LogP contribution in [0.4, 0.5) is 5.82 Å². The lowest BCUT2D eigenvalue weighted by atomic mass is 9.78. The Balaban J connectivity index is 1.56. The molecule has 9 heteroatoms. The van der Waals surface area contributed by atoms with Gasteiger partial charge in [0.05, 0.1) is 12.8 Å². The van der Waals surface area contributed by atoms with Gasteiger partial charge in [0.1, 0.15) is 0 Å². The first-order valence-corrected chi connectivity index (χ1v) is 8.94. The van der Waals surface area contributed by atoms with E-state index >= 15 is 0 Å². The molecule has 2 aliphatic heterocycles. The molecule has 0 amide bonds. The van der Waals surface area contributed by atoms with E-state index in [0.717, 1.165) is 45.8 Å². The summed E-state index contributed by atoms with van der Waals surface area (Å²) in [5, 5.41) is 8.00. The molecule has 0 radical (unpaired) electrons. The van der Waals surface area contributed by atoms with Crippen molar-refractivity contribution in [2.45, 2.75) is 19.5 Å². The molecule has 1 spiro atoms. The molecule has 0 aliphatic carbocycles. The fourth-order valence-electron chi connectivity index (χ4n) is 3.64. The standard InChI is InChI=1S/C15H24Cl2N6O/c1-11(21(2)6-7-24-3)23-9-15(10-23)4-5-22(8-15)13-12(16)19-20-14(17)18-13/h11H,4-10H2,1-3H3. The van der Waals surface area contributed by atoms with Crippen molar-refractivity contribution in [3.05, 3.63) is 10.4 Å². The maximum Gasteiger partial charge on any atom is 0.245 e. The van der Waals surface area contributed by atoms with Gasteiger partial charge in [-0.15, -0.1) is 10.2 Å². The Kier molecular flexibility index (Phi) is 5.46. The van der Waals surface area contributed by atoms with Gasteiger partial charge in [-0.25, -0.2) is 0 Å². The van der Waals surface area contributed by atoms with Crippen LogP contribution < -0.4 is 4.90 Å². The summed E-state index contributed by atoms with van der Waals surface area (Å²) in [5.41, 5.74) is 0.317. The highest BCUT2D eigenvalue weighted by atomic mass is 35.5. The Labute approximate surface area is 152 Å². The van der Waals surface area contributed by atoms with Crippen LogP contribution >= 0.6 is 23.2 Å². The first-order valence-electron chi connectivity index (χ1n) is 8.18. The number of aromatic nitrogens is 3. The number of hydrogen-bond donors (Lipinski definition) is 0. The number of anilines is 1. The second-order valence-corrected chi connectivity index (χ2v) is 7.57. The average molecular weight is 375 g/mol. The third kappa shape index (κ3) is 3.60. The molecule has 2 saturated heterocycles. The molecular weight excluding hydrogens is 351 g/mol. The molecule has 24 heavy (non-hydrogen) atoms. The Hall–Kier alpha value is -0.730. The third-order valence-electron chi connectivity index (χ3n) is 5.23. The number of ether oxygens (including phenoxy) is 1. The van der Waals surface area contributed by atoms with Gasteiger partial charge in [0.25, 0.3) is 0 Å². The molecule has 2 fully saturated rings. The largest absolute Gasteiger partial charge is 0.383 e. The monoisotopic (exact) mass is 374 g/mol. The lowest BCUT2D eigenvalue weighted by Crippen LogP contribution is -2.63. The lowest BCUT2D eigenvalue weighted by Gasteiger charge is -2.52. The summed E-state index contributed by atoms with van der Waals surface area (Å²) in [6.07, 6.45) is 1.55. The number of methoxy groups -OCH3 is 1. The highest BCUT2D eigenvalue weighted by Crippen LogP contribution is 2.42. The van der Waals surface area contributed by atoms with Crippen molar-refractivity contribution >= 4 is 29.0 Å². The van der Waals surface area contributed by atoms with E-state index in [1.165, 1.54) is 0 Å². The number of likely N-dealkylation sites (tertiary alicyclic amines) is 1. The molecular formula is C15H24Cl2N6O. The smallest absolute Gasteiger partial charge is 0.245 e. The van der Waals surface area contributed by atoms with E-state index in [4.69, 9.17) is 27.9 Å². The van der Waals surface area contributed by atoms with Gasteiger partial charge < -0.3 is 9.64 Å². The summed E-state index contributed by atoms with van der Waals surface area (Å²) in [6, 6.07) is 0. The highest BCUT2D eigenvalue weighted by molar-refractivity contribution is 6.32. The molecule has 1 unspecified atom stereocenters. The van der Waals surface area contributed by atoms with Crippen molar-refractivity contribution < 1.29 is 4.74 Å². The molecule has 2 aliphatic rings. The topological polar surface area (TPSA) is 57.6 Å². The van der Waals surface area contributed by atoms with Crippen LogP contribution in [0.25, 0.3) is 0 Å². The fourth-order valence-corrected chi connectivity index (χ4v) is 3.96. The summed E-state index contributed by atoms with van der Waals surface area (Å²) in [7, 11) is 3.88. The second-order valence-electron chi connectivity index (χ2n) is 6.88. The lowest BCUT2D eigenvalue weighted by molar-refractivity contribution is -0.0640. The van der Waals surface area contributed by atoms with Gasteiger partial charge in [-0.3, -0.25) is 9.80 Å². The van der Waals surface area contributed by atoms with Crippen LogP contribution in [0, 0.1) is 5.41 Å². The molecule has 3 heterocycles. The second kappa shape index (κ2) is 7.25. The van der Waals surface area contributed by atoms with Crippen LogP contribution in [0.5, 0.6) is 0 Å². The third-order valence-corrected chi connectivity index (χ3v) is 5.64. The molecule has 1 atom stereocenters. The zero-order valence-electron chi connectivity index (χ0n) is 14.4. The Morgan fingerprint density at radius 3 is 2.75 bits per heavy atom. The summed E-state index contributed by atoms with van der Waals surface area (Å²) in [5.74, 6) is 0.650. The Morgan fingerprint density at radius 1 is 1.29 bits per heavy atom. The van der Waals surface area contributed by atoms with Crippen LogP contribution in [0.2, 0.25) is 10.4 Å². The van der Waals surface area contributed by atoms with Crippen molar-refractivity contribution in [2.75, 3.05) is 58.4 Å². The van der Waals surface area contributed by atoms with Gasteiger partial charge in [0.15, 0.2) is 11.0 Å². The van der Waals surface area contributed by atoms with E-state index in [1.807, 2.05) is 0 Å². The predicted octanol–water partition coefficient (Wildman–Crippen LogP) is 1.61. The first-order chi connectivity index (χ1) is 11.4. The van der Waals surface area contributed by atoms with Gasteiger partial charge in [0.2, 0.25) is 5.28 Å².